The summed E-state index contributed by atoms with van der Waals surface area (Å²) in [6, 6.07) is 0. The Morgan fingerprint density at radius 2 is 2.24 bits per heavy atom. The molecule has 1 N–H and O–H groups in total. The zero-order valence-corrected chi connectivity index (χ0v) is 12.2. The van der Waals surface area contributed by atoms with Gasteiger partial charge in [-0.05, 0) is 18.3 Å². The topological polar surface area (TPSA) is 47.6 Å². The normalized spacial score (nSPS) is 21.2. The van der Waals surface area contributed by atoms with Crippen LogP contribution in [0.5, 0.6) is 0 Å². The summed E-state index contributed by atoms with van der Waals surface area (Å²) in [6.45, 7) is 6.46. The maximum Gasteiger partial charge on any atom is 0.251 e. The third-order valence-corrected chi connectivity index (χ3v) is 3.40. The predicted molar refractivity (Wildman–Crippen MR) is 70.4 cm³/mol. The highest BCUT2D eigenvalue weighted by Gasteiger charge is 2.25. The molecule has 1 atom stereocenters. The van der Waals surface area contributed by atoms with E-state index in [1.165, 1.54) is 0 Å². The lowest BCUT2D eigenvalue weighted by atomic mass is 9.88. The Morgan fingerprint density at radius 1 is 1.47 bits per heavy atom. The molecule has 0 radical (unpaired) electrons. The van der Waals surface area contributed by atoms with Crippen molar-refractivity contribution in [2.45, 2.75) is 32.8 Å². The van der Waals surface area contributed by atoms with Crippen molar-refractivity contribution in [2.24, 2.45) is 5.41 Å². The van der Waals surface area contributed by atoms with Gasteiger partial charge in [0.05, 0.1) is 19.8 Å². The van der Waals surface area contributed by atoms with Gasteiger partial charge in [0.25, 0.3) is 5.91 Å². The average molecular weight is 308 g/mol. The molecule has 0 spiro atoms. The molecule has 1 fully saturated rings. The first-order valence-corrected chi connectivity index (χ1v) is 7.20. The molecular formula is C12H22BrNO3. The summed E-state index contributed by atoms with van der Waals surface area (Å²) in [5, 5.41) is 3.95. The Kier molecular flexibility index (Phi) is 6.44. The number of carbonyl (C=O) groups excluding carboxylic acids is 1. The van der Waals surface area contributed by atoms with E-state index in [-0.39, 0.29) is 11.3 Å². The van der Waals surface area contributed by atoms with Crippen LogP contribution >= 0.6 is 15.9 Å². The standard InChI is InChI=1S/C12H22BrNO3/c1-12(2,4-3-5-13)9-14-11(15)10-8-16-6-7-17-10/h10H,3-9H2,1-2H3,(H,14,15). The van der Waals surface area contributed by atoms with Crippen LogP contribution in [-0.2, 0) is 14.3 Å². The molecule has 1 rings (SSSR count). The van der Waals surface area contributed by atoms with Crippen molar-refractivity contribution in [3.05, 3.63) is 0 Å². The summed E-state index contributed by atoms with van der Waals surface area (Å²) in [7, 11) is 0. The van der Waals surface area contributed by atoms with Crippen molar-refractivity contribution < 1.29 is 14.3 Å². The zero-order chi connectivity index (χ0) is 12.7. The molecule has 1 saturated heterocycles. The number of alkyl halides is 1. The van der Waals surface area contributed by atoms with E-state index in [2.05, 4.69) is 35.1 Å². The van der Waals surface area contributed by atoms with Crippen LogP contribution in [0.1, 0.15) is 26.7 Å². The third-order valence-electron chi connectivity index (χ3n) is 2.84. The summed E-state index contributed by atoms with van der Waals surface area (Å²) in [5.41, 5.74) is 0.124. The second-order valence-corrected chi connectivity index (χ2v) is 5.90. The molecule has 17 heavy (non-hydrogen) atoms. The SMILES string of the molecule is CC(C)(CCCBr)CNC(=O)C1COCCO1. The van der Waals surface area contributed by atoms with Gasteiger partial charge in [-0.2, -0.15) is 0 Å². The van der Waals surface area contributed by atoms with E-state index in [0.29, 0.717) is 26.4 Å². The monoisotopic (exact) mass is 307 g/mol. The van der Waals surface area contributed by atoms with Gasteiger partial charge in [0.1, 0.15) is 0 Å². The van der Waals surface area contributed by atoms with Crippen molar-refractivity contribution in [2.75, 3.05) is 31.7 Å². The Morgan fingerprint density at radius 3 is 2.82 bits per heavy atom. The second kappa shape index (κ2) is 7.34. The highest BCUT2D eigenvalue weighted by Crippen LogP contribution is 2.21. The molecule has 0 saturated carbocycles. The number of amides is 1. The molecule has 0 aromatic heterocycles. The highest BCUT2D eigenvalue weighted by atomic mass is 79.9. The van der Waals surface area contributed by atoms with Crippen molar-refractivity contribution in [3.63, 3.8) is 0 Å². The fraction of sp³-hybridized carbons (Fsp3) is 0.917. The number of rotatable bonds is 6. The Hall–Kier alpha value is -0.130. The van der Waals surface area contributed by atoms with Crippen molar-refractivity contribution in [1.29, 1.82) is 0 Å². The minimum Gasteiger partial charge on any atom is -0.376 e. The van der Waals surface area contributed by atoms with Crippen LogP contribution < -0.4 is 5.32 Å². The molecule has 1 aliphatic heterocycles. The van der Waals surface area contributed by atoms with Gasteiger partial charge >= 0.3 is 0 Å². The summed E-state index contributed by atoms with van der Waals surface area (Å²) in [4.78, 5) is 11.8. The van der Waals surface area contributed by atoms with Crippen molar-refractivity contribution >= 4 is 21.8 Å². The summed E-state index contributed by atoms with van der Waals surface area (Å²) in [5.74, 6) is -0.0587. The first kappa shape index (κ1) is 14.9. The predicted octanol–water partition coefficient (Wildman–Crippen LogP) is 1.72. The molecular weight excluding hydrogens is 286 g/mol. The fourth-order valence-electron chi connectivity index (χ4n) is 1.71. The van der Waals surface area contributed by atoms with E-state index in [1.807, 2.05) is 0 Å². The molecule has 1 heterocycles. The lowest BCUT2D eigenvalue weighted by molar-refractivity contribution is -0.147. The third kappa shape index (κ3) is 5.84. The van der Waals surface area contributed by atoms with Crippen LogP contribution in [0.25, 0.3) is 0 Å². The minimum absolute atomic E-state index is 0.0587. The van der Waals surface area contributed by atoms with E-state index < -0.39 is 6.10 Å². The molecule has 5 heteroatoms. The fourth-order valence-corrected chi connectivity index (χ4v) is 1.99. The van der Waals surface area contributed by atoms with Gasteiger partial charge in [-0.1, -0.05) is 29.8 Å². The number of nitrogens with one attached hydrogen (secondary N) is 1. The Labute approximate surface area is 112 Å². The largest absolute Gasteiger partial charge is 0.376 e. The maximum absolute atomic E-state index is 11.8. The van der Waals surface area contributed by atoms with Gasteiger partial charge < -0.3 is 14.8 Å². The number of halogens is 1. The lowest BCUT2D eigenvalue weighted by Gasteiger charge is -2.27. The van der Waals surface area contributed by atoms with Gasteiger partial charge in [0.15, 0.2) is 6.10 Å². The minimum atomic E-state index is -0.435. The second-order valence-electron chi connectivity index (χ2n) is 5.11. The molecule has 1 amide bonds. The van der Waals surface area contributed by atoms with E-state index >= 15 is 0 Å². The van der Waals surface area contributed by atoms with Crippen LogP contribution in [0, 0.1) is 5.41 Å². The molecule has 4 nitrogen and oxygen atoms in total. The van der Waals surface area contributed by atoms with Gasteiger partial charge in [0, 0.05) is 11.9 Å². The first-order chi connectivity index (χ1) is 8.05. The molecule has 100 valence electrons. The van der Waals surface area contributed by atoms with Crippen LogP contribution in [0.15, 0.2) is 0 Å². The van der Waals surface area contributed by atoms with E-state index in [4.69, 9.17) is 9.47 Å². The maximum atomic E-state index is 11.8. The Bertz CT molecular complexity index is 240. The van der Waals surface area contributed by atoms with Gasteiger partial charge in [-0.15, -0.1) is 0 Å². The average Bonchev–Trinajstić information content (AvgIpc) is 2.35. The van der Waals surface area contributed by atoms with Gasteiger partial charge in [-0.3, -0.25) is 4.79 Å². The van der Waals surface area contributed by atoms with Crippen LogP contribution in [0.2, 0.25) is 0 Å². The smallest absolute Gasteiger partial charge is 0.251 e. The Balaban J connectivity index is 2.26. The molecule has 0 aromatic carbocycles. The van der Waals surface area contributed by atoms with Crippen LogP contribution in [0.4, 0.5) is 0 Å². The quantitative estimate of drug-likeness (QED) is 0.760. The van der Waals surface area contributed by atoms with Crippen LogP contribution in [0.3, 0.4) is 0 Å². The zero-order valence-electron chi connectivity index (χ0n) is 10.6. The van der Waals surface area contributed by atoms with E-state index in [0.717, 1.165) is 18.2 Å². The first-order valence-electron chi connectivity index (χ1n) is 6.08. The molecule has 0 aliphatic carbocycles. The summed E-state index contributed by atoms with van der Waals surface area (Å²) < 4.78 is 10.5. The molecule has 0 aromatic rings. The highest BCUT2D eigenvalue weighted by molar-refractivity contribution is 9.09. The number of carbonyl (C=O) groups is 1. The molecule has 1 aliphatic rings. The van der Waals surface area contributed by atoms with Gasteiger partial charge in [-0.25, -0.2) is 0 Å². The van der Waals surface area contributed by atoms with Gasteiger partial charge in [0.2, 0.25) is 0 Å². The van der Waals surface area contributed by atoms with Crippen LogP contribution in [-0.4, -0.2) is 43.7 Å². The van der Waals surface area contributed by atoms with E-state index in [1.54, 1.807) is 0 Å². The van der Waals surface area contributed by atoms with Crippen molar-refractivity contribution in [1.82, 2.24) is 5.32 Å². The molecule has 1 unspecified atom stereocenters. The number of hydrogen-bond donors (Lipinski definition) is 1. The number of ether oxygens (including phenoxy) is 2. The molecule has 0 bridgehead atoms. The lowest BCUT2D eigenvalue weighted by Crippen LogP contribution is -2.45. The van der Waals surface area contributed by atoms with Crippen molar-refractivity contribution in [3.8, 4) is 0 Å². The summed E-state index contributed by atoms with van der Waals surface area (Å²) >= 11 is 3.42. The summed E-state index contributed by atoms with van der Waals surface area (Å²) in [6.07, 6.45) is 1.77. The van der Waals surface area contributed by atoms with E-state index in [9.17, 15) is 4.79 Å². The number of hydrogen-bond acceptors (Lipinski definition) is 3.